The minimum atomic E-state index is 0.223. The lowest BCUT2D eigenvalue weighted by Gasteiger charge is -2.01. The first kappa shape index (κ1) is 15.5. The van der Waals surface area contributed by atoms with Gasteiger partial charge in [-0.15, -0.1) is 0 Å². The highest BCUT2D eigenvalue weighted by Crippen LogP contribution is 2.27. The predicted molar refractivity (Wildman–Crippen MR) is 95.6 cm³/mol. The Bertz CT molecular complexity index is 775. The highest BCUT2D eigenvalue weighted by atomic mass is 16.3. The van der Waals surface area contributed by atoms with Crippen molar-refractivity contribution in [2.45, 2.75) is 39.0 Å². The van der Waals surface area contributed by atoms with Crippen LogP contribution in [-0.2, 0) is 6.42 Å². The summed E-state index contributed by atoms with van der Waals surface area (Å²) < 4.78 is 5.92. The molecule has 23 heavy (non-hydrogen) atoms. The first-order valence-electron chi connectivity index (χ1n) is 8.41. The number of fused-ring (bicyclic) bond motifs is 1. The maximum atomic E-state index is 9.59. The second kappa shape index (κ2) is 7.28. The minimum absolute atomic E-state index is 0.223. The number of phenolic OH excluding ortho intramolecular Hbond substituents is 1. The lowest BCUT2D eigenvalue weighted by atomic mass is 10.0. The van der Waals surface area contributed by atoms with E-state index in [0.29, 0.717) is 5.58 Å². The summed E-state index contributed by atoms with van der Waals surface area (Å²) in [4.78, 5) is 0. The number of benzene rings is 2. The third-order valence-electron chi connectivity index (χ3n) is 4.19. The van der Waals surface area contributed by atoms with Gasteiger partial charge in [0.05, 0.1) is 17.0 Å². The zero-order valence-electron chi connectivity index (χ0n) is 13.6. The fraction of sp³-hybridized carbons (Fsp3) is 0.286. The molecule has 118 valence electrons. The average Bonchev–Trinajstić information content (AvgIpc) is 2.58. The second-order valence-electron chi connectivity index (χ2n) is 6.03. The van der Waals surface area contributed by atoms with Crippen molar-refractivity contribution in [2.24, 2.45) is 0 Å². The molecule has 0 bridgehead atoms. The Morgan fingerprint density at radius 3 is 2.43 bits per heavy atom. The van der Waals surface area contributed by atoms with Crippen LogP contribution in [-0.4, -0.2) is 5.11 Å². The first-order chi connectivity index (χ1) is 11.3. The zero-order chi connectivity index (χ0) is 16.1. The number of aromatic hydroxyl groups is 1. The Labute approximate surface area is 137 Å². The van der Waals surface area contributed by atoms with Crippen molar-refractivity contribution in [3.63, 3.8) is 0 Å². The lowest BCUT2D eigenvalue weighted by Crippen LogP contribution is -1.86. The summed E-state index contributed by atoms with van der Waals surface area (Å²) in [6.45, 7) is 2.24. The van der Waals surface area contributed by atoms with E-state index >= 15 is 0 Å². The number of hydrogen-bond donors (Lipinski definition) is 1. The van der Waals surface area contributed by atoms with Gasteiger partial charge in [-0.25, -0.2) is 4.42 Å². The Hall–Kier alpha value is -2.35. The summed E-state index contributed by atoms with van der Waals surface area (Å²) in [5.41, 5.74) is 3.14. The summed E-state index contributed by atoms with van der Waals surface area (Å²) in [5, 5.41) is 10.6. The van der Waals surface area contributed by atoms with Gasteiger partial charge in [-0.2, -0.15) is 0 Å². The van der Waals surface area contributed by atoms with Crippen molar-refractivity contribution in [2.75, 3.05) is 0 Å². The normalized spacial score (nSPS) is 11.0. The Balaban J connectivity index is 1.76. The van der Waals surface area contributed by atoms with E-state index in [-0.39, 0.29) is 5.75 Å². The van der Waals surface area contributed by atoms with Crippen molar-refractivity contribution in [1.82, 2.24) is 0 Å². The van der Waals surface area contributed by atoms with E-state index in [4.69, 9.17) is 4.42 Å². The number of aryl methyl sites for hydroxylation is 1. The number of unbranched alkanes of at least 4 members (excludes halogenated alkanes) is 3. The molecule has 0 aliphatic carbocycles. The van der Waals surface area contributed by atoms with Crippen LogP contribution in [0, 0.1) is 0 Å². The minimum Gasteiger partial charge on any atom is -0.508 e. The van der Waals surface area contributed by atoms with Crippen LogP contribution in [0.1, 0.15) is 38.2 Å². The van der Waals surface area contributed by atoms with Gasteiger partial charge < -0.3 is 5.11 Å². The maximum absolute atomic E-state index is 9.59. The molecule has 2 nitrogen and oxygen atoms in total. The fourth-order valence-electron chi connectivity index (χ4n) is 2.81. The molecule has 0 spiro atoms. The highest BCUT2D eigenvalue weighted by molar-refractivity contribution is 5.80. The van der Waals surface area contributed by atoms with Gasteiger partial charge in [-0.05, 0) is 48.7 Å². The van der Waals surface area contributed by atoms with Crippen molar-refractivity contribution < 1.29 is 9.52 Å². The van der Waals surface area contributed by atoms with Gasteiger partial charge >= 0.3 is 11.3 Å². The van der Waals surface area contributed by atoms with E-state index < -0.39 is 0 Å². The van der Waals surface area contributed by atoms with Gasteiger partial charge in [-0.3, -0.25) is 0 Å². The highest BCUT2D eigenvalue weighted by Gasteiger charge is 2.14. The van der Waals surface area contributed by atoms with Gasteiger partial charge in [0.2, 0.25) is 0 Å². The topological polar surface area (TPSA) is 31.5 Å². The fourth-order valence-corrected chi connectivity index (χ4v) is 2.81. The molecule has 0 saturated heterocycles. The number of phenols is 1. The van der Waals surface area contributed by atoms with E-state index in [9.17, 15) is 5.11 Å². The van der Waals surface area contributed by atoms with Crippen LogP contribution in [0.15, 0.2) is 59.0 Å². The van der Waals surface area contributed by atoms with Crippen LogP contribution in [0.25, 0.3) is 22.3 Å². The lowest BCUT2D eigenvalue weighted by molar-refractivity contribution is 0.474. The Morgan fingerprint density at radius 2 is 1.65 bits per heavy atom. The number of hydrogen-bond acceptors (Lipinski definition) is 1. The molecule has 1 aromatic heterocycles. The molecule has 0 saturated carbocycles. The van der Waals surface area contributed by atoms with E-state index in [1.165, 1.54) is 31.2 Å². The molecule has 0 unspecified atom stereocenters. The third kappa shape index (κ3) is 3.89. The van der Waals surface area contributed by atoms with Crippen LogP contribution in [0.5, 0.6) is 5.75 Å². The van der Waals surface area contributed by atoms with E-state index in [2.05, 4.69) is 31.2 Å². The smallest absolute Gasteiger partial charge is 0.364 e. The molecule has 0 fully saturated rings. The summed E-state index contributed by atoms with van der Waals surface area (Å²) >= 11 is 0. The molecule has 0 aliphatic heterocycles. The summed E-state index contributed by atoms with van der Waals surface area (Å²) in [5.74, 6) is 1.04. The monoisotopic (exact) mass is 307 g/mol. The molecule has 1 N–H and O–H groups in total. The van der Waals surface area contributed by atoms with Gasteiger partial charge in [0.1, 0.15) is 5.75 Å². The van der Waals surface area contributed by atoms with Crippen LogP contribution < -0.4 is 0 Å². The maximum Gasteiger partial charge on any atom is 0.364 e. The van der Waals surface area contributed by atoms with Crippen LogP contribution >= 0.6 is 0 Å². The van der Waals surface area contributed by atoms with Crippen LogP contribution in [0.4, 0.5) is 0 Å². The summed E-state index contributed by atoms with van der Waals surface area (Å²) in [7, 11) is 0. The van der Waals surface area contributed by atoms with Crippen LogP contribution in [0.2, 0.25) is 0 Å². The predicted octanol–water partition coefficient (Wildman–Crippen LogP) is 6.21. The largest absolute Gasteiger partial charge is 0.508 e. The van der Waals surface area contributed by atoms with Crippen molar-refractivity contribution in [3.8, 4) is 17.1 Å². The van der Waals surface area contributed by atoms with Crippen LogP contribution in [0.3, 0.4) is 0 Å². The molecule has 2 heteroatoms. The summed E-state index contributed by atoms with van der Waals surface area (Å²) in [6.07, 6.45) is 6.30. The second-order valence-corrected chi connectivity index (χ2v) is 6.03. The third-order valence-corrected chi connectivity index (χ3v) is 4.19. The molecule has 0 amide bonds. The zero-order valence-corrected chi connectivity index (χ0v) is 13.6. The molecule has 1 heterocycles. The standard InChI is InChI=1S/C21H22O2/c1-2-3-4-5-6-16-7-9-17(10-8-16)20-14-12-18-11-13-19(22)15-21(18)23-20/h7-15H,2-6H2,1H3/p+1. The van der Waals surface area contributed by atoms with Gasteiger partial charge in [0.25, 0.3) is 0 Å². The molecule has 3 rings (SSSR count). The molecule has 0 aliphatic rings. The Kier molecular flexibility index (Phi) is 4.92. The molecule has 0 radical (unpaired) electrons. The quantitative estimate of drug-likeness (QED) is 0.433. The van der Waals surface area contributed by atoms with Gasteiger partial charge in [-0.1, -0.05) is 38.3 Å². The van der Waals surface area contributed by atoms with Crippen molar-refractivity contribution in [1.29, 1.82) is 0 Å². The van der Waals surface area contributed by atoms with Gasteiger partial charge in [0.15, 0.2) is 0 Å². The Morgan fingerprint density at radius 1 is 0.870 bits per heavy atom. The molecule has 3 aromatic rings. The number of rotatable bonds is 6. The molecular formula is C21H23O2+. The summed E-state index contributed by atoms with van der Waals surface area (Å²) in [6, 6.07) is 17.8. The average molecular weight is 307 g/mol. The first-order valence-corrected chi connectivity index (χ1v) is 8.41. The molecule has 2 aromatic carbocycles. The van der Waals surface area contributed by atoms with Crippen molar-refractivity contribution >= 4 is 11.0 Å². The molecular weight excluding hydrogens is 284 g/mol. The van der Waals surface area contributed by atoms with E-state index in [1.54, 1.807) is 12.1 Å². The SMILES string of the molecule is CCCCCCc1ccc(-c2ccc3ccc(O)cc3[o+]2)cc1. The van der Waals surface area contributed by atoms with E-state index in [0.717, 1.165) is 23.1 Å². The molecule has 0 atom stereocenters. The van der Waals surface area contributed by atoms with E-state index in [1.807, 2.05) is 18.2 Å². The van der Waals surface area contributed by atoms with Gasteiger partial charge in [0, 0.05) is 6.07 Å². The van der Waals surface area contributed by atoms with Crippen molar-refractivity contribution in [3.05, 3.63) is 60.2 Å².